The van der Waals surface area contributed by atoms with Gasteiger partial charge in [-0.2, -0.15) is 0 Å². The molecule has 2 atom stereocenters. The molecule has 0 radical (unpaired) electrons. The highest BCUT2D eigenvalue weighted by Crippen LogP contribution is 2.24. The number of carbonyl (C=O) groups is 1. The van der Waals surface area contributed by atoms with Gasteiger partial charge in [-0.3, -0.25) is 4.79 Å². The van der Waals surface area contributed by atoms with Gasteiger partial charge in [0.2, 0.25) is 5.91 Å². The Labute approximate surface area is 143 Å². The summed E-state index contributed by atoms with van der Waals surface area (Å²) in [5.41, 5.74) is 2.03. The molecule has 2 aliphatic rings. The fraction of sp³-hybridized carbons (Fsp3) is 0.632. The lowest BCUT2D eigenvalue weighted by Gasteiger charge is -2.35. The van der Waals surface area contributed by atoms with Crippen LogP contribution < -0.4 is 15.5 Å². The van der Waals surface area contributed by atoms with E-state index in [4.69, 9.17) is 0 Å². The van der Waals surface area contributed by atoms with Crippen LogP contribution in [0.25, 0.3) is 0 Å². The summed E-state index contributed by atoms with van der Waals surface area (Å²) in [6.45, 7) is 5.85. The molecular weight excluding hydrogens is 305 g/mol. The fourth-order valence-corrected chi connectivity index (χ4v) is 3.88. The summed E-state index contributed by atoms with van der Waals surface area (Å²) in [6, 6.07) is 5.13. The Kier molecular flexibility index (Phi) is 5.72. The zero-order valence-corrected chi connectivity index (χ0v) is 14.5. The van der Waals surface area contributed by atoms with E-state index in [0.717, 1.165) is 56.7 Å². The Morgan fingerprint density at radius 1 is 1.42 bits per heavy atom. The molecule has 2 N–H and O–H groups in total. The summed E-state index contributed by atoms with van der Waals surface area (Å²) in [6.07, 6.45) is 4.86. The third-order valence-corrected chi connectivity index (χ3v) is 5.23. The van der Waals surface area contributed by atoms with Crippen molar-refractivity contribution in [3.8, 4) is 0 Å². The van der Waals surface area contributed by atoms with Gasteiger partial charge in [0, 0.05) is 31.2 Å². The second kappa shape index (κ2) is 7.97. The molecule has 0 bridgehead atoms. The van der Waals surface area contributed by atoms with Crippen LogP contribution >= 0.6 is 0 Å². The average molecular weight is 333 g/mol. The van der Waals surface area contributed by atoms with Crippen LogP contribution in [0.15, 0.2) is 18.2 Å². The largest absolute Gasteiger partial charge is 0.369 e. The van der Waals surface area contributed by atoms with Gasteiger partial charge in [0.1, 0.15) is 5.82 Å². The molecule has 132 valence electrons. The van der Waals surface area contributed by atoms with Crippen molar-refractivity contribution in [1.29, 1.82) is 0 Å². The van der Waals surface area contributed by atoms with E-state index in [1.807, 2.05) is 13.0 Å². The monoisotopic (exact) mass is 333 g/mol. The number of hydrogen-bond acceptors (Lipinski definition) is 3. The molecule has 3 rings (SSSR count). The number of carbonyl (C=O) groups excluding carboxylic acids is 1. The zero-order chi connectivity index (χ0) is 16.9. The van der Waals surface area contributed by atoms with Crippen molar-refractivity contribution >= 4 is 11.6 Å². The molecule has 4 nitrogen and oxygen atoms in total. The van der Waals surface area contributed by atoms with E-state index < -0.39 is 0 Å². The number of hydrogen-bond donors (Lipinski definition) is 2. The molecule has 1 aromatic rings. The van der Waals surface area contributed by atoms with Crippen molar-refractivity contribution in [2.45, 2.75) is 45.1 Å². The summed E-state index contributed by atoms with van der Waals surface area (Å²) < 4.78 is 13.3. The minimum absolute atomic E-state index is 0.171. The molecule has 5 heteroatoms. The Bertz CT molecular complexity index is 572. The molecular formula is C19H28FN3O. The summed E-state index contributed by atoms with van der Waals surface area (Å²) in [4.78, 5) is 14.5. The molecule has 0 aliphatic carbocycles. The van der Waals surface area contributed by atoms with Gasteiger partial charge < -0.3 is 15.5 Å². The Balaban J connectivity index is 1.50. The number of anilines is 1. The van der Waals surface area contributed by atoms with Crippen LogP contribution in [0, 0.1) is 18.7 Å². The van der Waals surface area contributed by atoms with Gasteiger partial charge in [-0.1, -0.05) is 0 Å². The third kappa shape index (κ3) is 4.47. The Hall–Kier alpha value is -1.62. The quantitative estimate of drug-likeness (QED) is 0.871. The number of benzene rings is 1. The summed E-state index contributed by atoms with van der Waals surface area (Å²) in [5.74, 6) is 0.629. The number of aryl methyl sites for hydroxylation is 1. The van der Waals surface area contributed by atoms with Crippen molar-refractivity contribution in [1.82, 2.24) is 10.6 Å². The van der Waals surface area contributed by atoms with Crippen LogP contribution in [0.4, 0.5) is 10.1 Å². The van der Waals surface area contributed by atoms with Gasteiger partial charge in [0.15, 0.2) is 0 Å². The molecule has 2 fully saturated rings. The lowest BCUT2D eigenvalue weighted by Crippen LogP contribution is -2.48. The average Bonchev–Trinajstić information content (AvgIpc) is 3.06. The smallest absolute Gasteiger partial charge is 0.220 e. The topological polar surface area (TPSA) is 44.4 Å². The van der Waals surface area contributed by atoms with Crippen LogP contribution in [0.3, 0.4) is 0 Å². The van der Waals surface area contributed by atoms with E-state index in [-0.39, 0.29) is 17.8 Å². The lowest BCUT2D eigenvalue weighted by molar-refractivity contribution is -0.122. The predicted octanol–water partition coefficient (Wildman–Crippen LogP) is 2.61. The molecule has 2 unspecified atom stereocenters. The minimum Gasteiger partial charge on any atom is -0.369 e. The molecule has 24 heavy (non-hydrogen) atoms. The maximum absolute atomic E-state index is 13.3. The van der Waals surface area contributed by atoms with E-state index in [0.29, 0.717) is 12.3 Å². The second-order valence-electron chi connectivity index (χ2n) is 7.18. The molecule has 2 aliphatic heterocycles. The lowest BCUT2D eigenvalue weighted by atomic mass is 10.0. The summed E-state index contributed by atoms with van der Waals surface area (Å²) in [7, 11) is 0. The van der Waals surface area contributed by atoms with Gasteiger partial charge in [-0.25, -0.2) is 4.39 Å². The van der Waals surface area contributed by atoms with Gasteiger partial charge in [0.25, 0.3) is 0 Å². The number of halogens is 1. The van der Waals surface area contributed by atoms with Crippen LogP contribution in [0.1, 0.15) is 37.7 Å². The molecule has 2 heterocycles. The fourth-order valence-electron chi connectivity index (χ4n) is 3.88. The zero-order valence-electron chi connectivity index (χ0n) is 14.5. The highest BCUT2D eigenvalue weighted by molar-refractivity contribution is 5.76. The van der Waals surface area contributed by atoms with Crippen molar-refractivity contribution in [2.24, 2.45) is 5.92 Å². The molecule has 0 aromatic heterocycles. The molecule has 0 saturated carbocycles. The minimum atomic E-state index is -0.195. The number of nitrogens with one attached hydrogen (secondary N) is 2. The highest BCUT2D eigenvalue weighted by atomic mass is 19.1. The summed E-state index contributed by atoms with van der Waals surface area (Å²) in [5, 5.41) is 6.54. The van der Waals surface area contributed by atoms with Crippen LogP contribution in [0.2, 0.25) is 0 Å². The number of nitrogens with zero attached hydrogens (tertiary/aromatic N) is 1. The van der Waals surface area contributed by atoms with Crippen molar-refractivity contribution in [2.75, 3.05) is 31.1 Å². The van der Waals surface area contributed by atoms with Crippen LogP contribution in [0.5, 0.6) is 0 Å². The molecule has 1 amide bonds. The van der Waals surface area contributed by atoms with Gasteiger partial charge in [-0.05, 0) is 75.4 Å². The Morgan fingerprint density at radius 2 is 2.29 bits per heavy atom. The van der Waals surface area contributed by atoms with Crippen LogP contribution in [-0.2, 0) is 4.79 Å². The van der Waals surface area contributed by atoms with Gasteiger partial charge in [-0.15, -0.1) is 0 Å². The van der Waals surface area contributed by atoms with E-state index in [1.54, 1.807) is 6.07 Å². The van der Waals surface area contributed by atoms with Gasteiger partial charge >= 0.3 is 0 Å². The summed E-state index contributed by atoms with van der Waals surface area (Å²) >= 11 is 0. The highest BCUT2D eigenvalue weighted by Gasteiger charge is 2.23. The molecule has 1 aromatic carbocycles. The normalized spacial score (nSPS) is 24.2. The predicted molar refractivity (Wildman–Crippen MR) is 94.7 cm³/mol. The van der Waals surface area contributed by atoms with Crippen molar-refractivity contribution < 1.29 is 9.18 Å². The maximum Gasteiger partial charge on any atom is 0.220 e. The third-order valence-electron chi connectivity index (χ3n) is 5.23. The SMILES string of the molecule is Cc1cc(F)ccc1N1CCCC(NC(=O)CCC2CCNC2)C1. The second-order valence-corrected chi connectivity index (χ2v) is 7.18. The first-order valence-corrected chi connectivity index (χ1v) is 9.13. The van der Waals surface area contributed by atoms with Crippen molar-refractivity contribution in [3.63, 3.8) is 0 Å². The molecule has 0 spiro atoms. The number of rotatable bonds is 5. The number of amides is 1. The first-order chi connectivity index (χ1) is 11.6. The standard InChI is InChI=1S/C19H28FN3O/c1-14-11-16(20)5-6-18(14)23-10-2-3-17(13-23)22-19(24)7-4-15-8-9-21-12-15/h5-6,11,15,17,21H,2-4,7-10,12-13H2,1H3,(H,22,24). The van der Waals surface area contributed by atoms with E-state index in [1.165, 1.54) is 12.5 Å². The first kappa shape index (κ1) is 17.2. The van der Waals surface area contributed by atoms with E-state index >= 15 is 0 Å². The van der Waals surface area contributed by atoms with E-state index in [9.17, 15) is 9.18 Å². The molecule has 2 saturated heterocycles. The Morgan fingerprint density at radius 3 is 3.04 bits per heavy atom. The maximum atomic E-state index is 13.3. The van der Waals surface area contributed by atoms with Crippen molar-refractivity contribution in [3.05, 3.63) is 29.6 Å². The van der Waals surface area contributed by atoms with Crippen LogP contribution in [-0.4, -0.2) is 38.1 Å². The number of piperidine rings is 1. The first-order valence-electron chi connectivity index (χ1n) is 9.13. The van der Waals surface area contributed by atoms with E-state index in [2.05, 4.69) is 15.5 Å². The van der Waals surface area contributed by atoms with Gasteiger partial charge in [0.05, 0.1) is 0 Å².